The minimum atomic E-state index is 0.743. The molecule has 0 fully saturated rings. The standard InChI is InChI=1S/C23H18N2O/c1-2-9-17(10-3-1)23-24-21-18-12-5-4-8-16(18)11-6-13-19(21)22(25-23)20-14-7-15-26-20/h1-5,7-10,12,14-15H,6,11,13H2. The summed E-state index contributed by atoms with van der Waals surface area (Å²) in [4.78, 5) is 9.91. The summed E-state index contributed by atoms with van der Waals surface area (Å²) in [5.41, 5.74) is 6.73. The van der Waals surface area contributed by atoms with Gasteiger partial charge in [-0.15, -0.1) is 0 Å². The number of hydrogen-bond acceptors (Lipinski definition) is 3. The Hall–Kier alpha value is -3.20. The number of fused-ring (bicyclic) bond motifs is 3. The average molecular weight is 338 g/mol. The molecule has 3 heteroatoms. The number of furan rings is 1. The van der Waals surface area contributed by atoms with Crippen molar-refractivity contribution in [2.75, 3.05) is 0 Å². The Labute approximate surface area is 152 Å². The smallest absolute Gasteiger partial charge is 0.160 e. The minimum absolute atomic E-state index is 0.743. The lowest BCUT2D eigenvalue weighted by molar-refractivity contribution is 0.578. The Balaban J connectivity index is 1.82. The Morgan fingerprint density at radius 1 is 0.731 bits per heavy atom. The summed E-state index contributed by atoms with van der Waals surface area (Å²) in [6.45, 7) is 0. The molecule has 4 aromatic rings. The molecule has 0 N–H and O–H groups in total. The fraction of sp³-hybridized carbons (Fsp3) is 0.130. The summed E-state index contributed by atoms with van der Waals surface area (Å²) >= 11 is 0. The Bertz CT molecular complexity index is 1050. The number of nitrogens with zero attached hydrogens (tertiary/aromatic N) is 2. The minimum Gasteiger partial charge on any atom is -0.463 e. The van der Waals surface area contributed by atoms with Crippen LogP contribution in [0.2, 0.25) is 0 Å². The van der Waals surface area contributed by atoms with Crippen LogP contribution in [0, 0.1) is 0 Å². The number of hydrogen-bond donors (Lipinski definition) is 0. The number of benzene rings is 2. The lowest BCUT2D eigenvalue weighted by Crippen LogP contribution is -2.02. The molecule has 0 bridgehead atoms. The SMILES string of the molecule is c1ccc(-c2nc(-c3ccco3)c3c(n2)-c2ccccc2CCC3)cc1. The summed E-state index contributed by atoms with van der Waals surface area (Å²) in [7, 11) is 0. The van der Waals surface area contributed by atoms with Gasteiger partial charge in [0.05, 0.1) is 12.0 Å². The zero-order chi connectivity index (χ0) is 17.3. The van der Waals surface area contributed by atoms with Crippen molar-refractivity contribution in [2.24, 2.45) is 0 Å². The van der Waals surface area contributed by atoms with Gasteiger partial charge in [0.1, 0.15) is 5.69 Å². The highest BCUT2D eigenvalue weighted by atomic mass is 16.3. The predicted octanol–water partition coefficient (Wildman–Crippen LogP) is 5.56. The largest absolute Gasteiger partial charge is 0.463 e. The molecule has 1 aliphatic carbocycles. The molecule has 0 amide bonds. The molecule has 2 aromatic carbocycles. The zero-order valence-corrected chi connectivity index (χ0v) is 14.4. The first kappa shape index (κ1) is 15.1. The average Bonchev–Trinajstić information content (AvgIpc) is 3.17. The van der Waals surface area contributed by atoms with Crippen LogP contribution in [0.5, 0.6) is 0 Å². The van der Waals surface area contributed by atoms with Crippen molar-refractivity contribution >= 4 is 0 Å². The molecule has 0 saturated carbocycles. The summed E-state index contributed by atoms with van der Waals surface area (Å²) in [6.07, 6.45) is 4.81. The Morgan fingerprint density at radius 3 is 2.38 bits per heavy atom. The fourth-order valence-electron chi connectivity index (χ4n) is 3.70. The number of aromatic nitrogens is 2. The number of rotatable bonds is 2. The van der Waals surface area contributed by atoms with Gasteiger partial charge in [-0.25, -0.2) is 9.97 Å². The third-order valence-electron chi connectivity index (χ3n) is 4.94. The van der Waals surface area contributed by atoms with Crippen LogP contribution in [-0.4, -0.2) is 9.97 Å². The first-order chi connectivity index (χ1) is 12.9. The molecule has 0 aliphatic heterocycles. The highest BCUT2D eigenvalue weighted by molar-refractivity contribution is 5.77. The van der Waals surface area contributed by atoms with Gasteiger partial charge in [0.15, 0.2) is 11.6 Å². The van der Waals surface area contributed by atoms with Crippen molar-refractivity contribution in [1.29, 1.82) is 0 Å². The highest BCUT2D eigenvalue weighted by Gasteiger charge is 2.23. The zero-order valence-electron chi connectivity index (χ0n) is 14.4. The van der Waals surface area contributed by atoms with Gasteiger partial charge in [-0.2, -0.15) is 0 Å². The molecular weight excluding hydrogens is 320 g/mol. The van der Waals surface area contributed by atoms with Crippen LogP contribution in [0.1, 0.15) is 17.5 Å². The topological polar surface area (TPSA) is 38.9 Å². The molecule has 0 atom stereocenters. The van der Waals surface area contributed by atoms with E-state index in [-0.39, 0.29) is 0 Å². The third-order valence-corrected chi connectivity index (χ3v) is 4.94. The second kappa shape index (κ2) is 6.26. The van der Waals surface area contributed by atoms with Crippen LogP contribution in [0.15, 0.2) is 77.4 Å². The molecular formula is C23H18N2O. The van der Waals surface area contributed by atoms with Crippen LogP contribution < -0.4 is 0 Å². The van der Waals surface area contributed by atoms with Crippen molar-refractivity contribution in [2.45, 2.75) is 19.3 Å². The molecule has 0 radical (unpaired) electrons. The predicted molar refractivity (Wildman–Crippen MR) is 103 cm³/mol. The van der Waals surface area contributed by atoms with Gasteiger partial charge in [-0.1, -0.05) is 54.6 Å². The van der Waals surface area contributed by atoms with Crippen molar-refractivity contribution < 1.29 is 4.42 Å². The highest BCUT2D eigenvalue weighted by Crippen LogP contribution is 2.37. The van der Waals surface area contributed by atoms with E-state index in [2.05, 4.69) is 36.4 Å². The Morgan fingerprint density at radius 2 is 1.54 bits per heavy atom. The lowest BCUT2D eigenvalue weighted by atomic mass is 9.99. The number of aryl methyl sites for hydroxylation is 1. The molecule has 0 spiro atoms. The molecule has 5 rings (SSSR count). The molecule has 26 heavy (non-hydrogen) atoms. The first-order valence-electron chi connectivity index (χ1n) is 8.98. The van der Waals surface area contributed by atoms with E-state index in [0.29, 0.717) is 0 Å². The lowest BCUT2D eigenvalue weighted by Gasteiger charge is -2.13. The summed E-state index contributed by atoms with van der Waals surface area (Å²) < 4.78 is 5.72. The maximum atomic E-state index is 5.72. The maximum Gasteiger partial charge on any atom is 0.160 e. The van der Waals surface area contributed by atoms with Crippen LogP contribution in [0.25, 0.3) is 34.1 Å². The van der Waals surface area contributed by atoms with Gasteiger partial charge in [-0.05, 0) is 37.0 Å². The molecule has 2 aromatic heterocycles. The quantitative estimate of drug-likeness (QED) is 0.480. The van der Waals surface area contributed by atoms with Crippen molar-refractivity contribution in [3.63, 3.8) is 0 Å². The van der Waals surface area contributed by atoms with E-state index in [1.54, 1.807) is 6.26 Å². The van der Waals surface area contributed by atoms with E-state index in [9.17, 15) is 0 Å². The van der Waals surface area contributed by atoms with Gasteiger partial charge in [-0.3, -0.25) is 0 Å². The molecule has 126 valence electrons. The van der Waals surface area contributed by atoms with Gasteiger partial charge in [0.2, 0.25) is 0 Å². The van der Waals surface area contributed by atoms with Gasteiger partial charge >= 0.3 is 0 Å². The van der Waals surface area contributed by atoms with Crippen LogP contribution in [0.3, 0.4) is 0 Å². The normalized spacial score (nSPS) is 12.9. The fourth-order valence-corrected chi connectivity index (χ4v) is 3.70. The van der Waals surface area contributed by atoms with Crippen LogP contribution in [-0.2, 0) is 12.8 Å². The van der Waals surface area contributed by atoms with Gasteiger partial charge < -0.3 is 4.42 Å². The van der Waals surface area contributed by atoms with Crippen LogP contribution in [0.4, 0.5) is 0 Å². The van der Waals surface area contributed by atoms with Crippen molar-refractivity contribution in [3.05, 3.63) is 84.1 Å². The van der Waals surface area contributed by atoms with Crippen molar-refractivity contribution in [3.8, 4) is 34.1 Å². The van der Waals surface area contributed by atoms with Gasteiger partial charge in [0.25, 0.3) is 0 Å². The third kappa shape index (κ3) is 2.53. The maximum absolute atomic E-state index is 5.72. The van der Waals surface area contributed by atoms with E-state index in [1.165, 1.54) is 16.7 Å². The van der Waals surface area contributed by atoms with E-state index in [0.717, 1.165) is 47.8 Å². The van der Waals surface area contributed by atoms with E-state index in [4.69, 9.17) is 14.4 Å². The molecule has 3 nitrogen and oxygen atoms in total. The second-order valence-corrected chi connectivity index (χ2v) is 6.58. The van der Waals surface area contributed by atoms with E-state index in [1.807, 2.05) is 30.3 Å². The Kier molecular flexibility index (Phi) is 3.64. The monoisotopic (exact) mass is 338 g/mol. The molecule has 2 heterocycles. The molecule has 1 aliphatic rings. The van der Waals surface area contributed by atoms with Crippen molar-refractivity contribution in [1.82, 2.24) is 9.97 Å². The van der Waals surface area contributed by atoms with E-state index < -0.39 is 0 Å². The summed E-state index contributed by atoms with van der Waals surface area (Å²) in [6, 6.07) is 22.6. The molecule has 0 unspecified atom stereocenters. The molecule has 0 saturated heterocycles. The van der Waals surface area contributed by atoms with Gasteiger partial charge in [0, 0.05) is 16.7 Å². The second-order valence-electron chi connectivity index (χ2n) is 6.58. The first-order valence-corrected chi connectivity index (χ1v) is 8.98. The summed E-state index contributed by atoms with van der Waals surface area (Å²) in [5.74, 6) is 1.55. The summed E-state index contributed by atoms with van der Waals surface area (Å²) in [5, 5.41) is 0. The van der Waals surface area contributed by atoms with Crippen LogP contribution >= 0.6 is 0 Å². The van der Waals surface area contributed by atoms with E-state index >= 15 is 0 Å².